The largest absolute Gasteiger partial charge is 0.438 e. The summed E-state index contributed by atoms with van der Waals surface area (Å²) >= 11 is 5.71. The molecule has 1 aromatic heterocycles. The van der Waals surface area contributed by atoms with Gasteiger partial charge in [0.05, 0.1) is 17.7 Å². The van der Waals surface area contributed by atoms with Crippen LogP contribution in [-0.4, -0.2) is 80.7 Å². The molecular formula is C35H41ClN5O6P. The van der Waals surface area contributed by atoms with Crippen molar-refractivity contribution in [2.45, 2.75) is 44.2 Å². The number of likely N-dealkylation sites (N-methyl/N-ethyl adjacent to an activating group) is 1. The highest BCUT2D eigenvalue weighted by atomic mass is 35.7. The molecule has 0 bridgehead atoms. The van der Waals surface area contributed by atoms with Crippen molar-refractivity contribution in [2.75, 3.05) is 39.3 Å². The molecule has 2 saturated heterocycles. The highest BCUT2D eigenvalue weighted by Crippen LogP contribution is 2.49. The predicted octanol–water partition coefficient (Wildman–Crippen LogP) is 4.70. The molecule has 4 aromatic rings. The second kappa shape index (κ2) is 14.6. The number of aryl methyl sites for hydroxylation is 1. The number of ether oxygens (including phenoxy) is 1. The van der Waals surface area contributed by atoms with Crippen molar-refractivity contribution >= 4 is 18.2 Å². The fourth-order valence-electron chi connectivity index (χ4n) is 7.18. The number of morpholine rings is 1. The van der Waals surface area contributed by atoms with Crippen LogP contribution in [0.5, 0.6) is 0 Å². The van der Waals surface area contributed by atoms with E-state index in [1.54, 1.807) is 13.1 Å². The Hall–Kier alpha value is -3.38. The highest BCUT2D eigenvalue weighted by Gasteiger charge is 2.47. The van der Waals surface area contributed by atoms with E-state index in [4.69, 9.17) is 20.6 Å². The molecular weight excluding hydrogens is 653 g/mol. The number of aromatic nitrogens is 2. The second-order valence-electron chi connectivity index (χ2n) is 12.4. The first-order chi connectivity index (χ1) is 23.1. The maximum Gasteiger partial charge on any atom is 0.438 e. The number of benzene rings is 3. The Balaban J connectivity index is 1.50. The van der Waals surface area contributed by atoms with Gasteiger partial charge in [0.25, 0.3) is 5.56 Å². The van der Waals surface area contributed by atoms with E-state index < -0.39 is 36.1 Å². The fraction of sp³-hybridized carbons (Fsp3) is 0.371. The van der Waals surface area contributed by atoms with Crippen molar-refractivity contribution in [3.05, 3.63) is 140 Å². The van der Waals surface area contributed by atoms with Gasteiger partial charge in [-0.3, -0.25) is 19.2 Å². The van der Waals surface area contributed by atoms with Gasteiger partial charge in [-0.2, -0.15) is 5.06 Å². The van der Waals surface area contributed by atoms with E-state index in [2.05, 4.69) is 58.1 Å². The summed E-state index contributed by atoms with van der Waals surface area (Å²) in [6.45, 7) is 2.54. The van der Waals surface area contributed by atoms with Crippen LogP contribution in [0.4, 0.5) is 0 Å². The molecule has 0 aliphatic carbocycles. The Labute approximate surface area is 284 Å². The van der Waals surface area contributed by atoms with Gasteiger partial charge in [0.1, 0.15) is 0 Å². The zero-order valence-electron chi connectivity index (χ0n) is 27.0. The van der Waals surface area contributed by atoms with Crippen LogP contribution in [0.2, 0.25) is 0 Å². The van der Waals surface area contributed by atoms with Crippen molar-refractivity contribution in [3.8, 4) is 0 Å². The van der Waals surface area contributed by atoms with Crippen LogP contribution in [0, 0.1) is 6.92 Å². The van der Waals surface area contributed by atoms with E-state index in [0.29, 0.717) is 44.7 Å². The number of H-pyrrole nitrogens is 1. The zero-order valence-corrected chi connectivity index (χ0v) is 28.7. The minimum atomic E-state index is -4.34. The zero-order chi connectivity index (χ0) is 33.9. The molecule has 2 N–H and O–H groups in total. The molecule has 2 aliphatic rings. The monoisotopic (exact) mass is 693 g/mol. The fourth-order valence-corrected chi connectivity index (χ4v) is 7.89. The lowest BCUT2D eigenvalue weighted by Gasteiger charge is -2.51. The number of aromatic amines is 1. The number of rotatable bonds is 10. The first kappa shape index (κ1) is 34.5. The SMILES string of the molecule is CCN1CCN(OP(=O)(O)Cl)C(C[C@H]2CN(C(c3ccccc3)(c3ccccc3)c3ccccc3)C[C@H](n3cc(C)c(=O)[nH]c3=O)O2)C1. The molecule has 0 amide bonds. The number of piperazine rings is 1. The van der Waals surface area contributed by atoms with Gasteiger partial charge in [0.15, 0.2) is 6.23 Å². The van der Waals surface area contributed by atoms with Gasteiger partial charge in [-0.05, 0) is 36.6 Å². The number of halogens is 1. The lowest BCUT2D eigenvalue weighted by atomic mass is 9.75. The van der Waals surface area contributed by atoms with Gasteiger partial charge in [-0.15, -0.1) is 0 Å². The average molecular weight is 694 g/mol. The minimum Gasteiger partial charge on any atom is -0.352 e. The topological polar surface area (TPSA) is 120 Å². The average Bonchev–Trinajstić information content (AvgIpc) is 3.08. The van der Waals surface area contributed by atoms with E-state index in [1.807, 2.05) is 54.6 Å². The molecule has 6 rings (SSSR count). The van der Waals surface area contributed by atoms with Gasteiger partial charge in [0.2, 0.25) is 0 Å². The lowest BCUT2D eigenvalue weighted by Crippen LogP contribution is -2.59. The summed E-state index contributed by atoms with van der Waals surface area (Å²) in [5, 5.41) is 1.51. The van der Waals surface area contributed by atoms with Gasteiger partial charge < -0.3 is 14.5 Å². The van der Waals surface area contributed by atoms with Crippen molar-refractivity contribution in [2.24, 2.45) is 0 Å². The molecule has 2 unspecified atom stereocenters. The molecule has 11 nitrogen and oxygen atoms in total. The van der Waals surface area contributed by atoms with Gasteiger partial charge in [0, 0.05) is 55.7 Å². The minimum absolute atomic E-state index is 0.306. The van der Waals surface area contributed by atoms with E-state index in [0.717, 1.165) is 23.2 Å². The molecule has 0 spiro atoms. The summed E-state index contributed by atoms with van der Waals surface area (Å²) in [6, 6.07) is 30.5. The Morgan fingerprint density at radius 1 is 0.917 bits per heavy atom. The standard InChI is InChI=1S/C35H41ClN5O6P/c1-3-38-19-20-41(47-48(36,44)45)30(23-38)21-31-24-39(25-32(46-31)40-22-26(2)33(42)37-34(40)43)35(27-13-7-4-8-14-27,28-15-9-5-10-16-28)29-17-11-6-12-18-29/h4-18,22,30-32H,3,19-21,23-25H2,1-2H3,(H,44,45)(H,37,42,43)/t30?,31-,32+/m0/s1. The maximum atomic E-state index is 13.3. The third-order valence-electron chi connectivity index (χ3n) is 9.36. The van der Waals surface area contributed by atoms with Gasteiger partial charge in [-0.25, -0.2) is 14.0 Å². The number of hydrogen-bond donors (Lipinski definition) is 2. The number of nitrogens with one attached hydrogen (secondary N) is 1. The molecule has 3 heterocycles. The number of nitrogens with zero attached hydrogens (tertiary/aromatic N) is 4. The van der Waals surface area contributed by atoms with E-state index in [9.17, 15) is 19.0 Å². The van der Waals surface area contributed by atoms with Crippen LogP contribution >= 0.6 is 18.2 Å². The summed E-state index contributed by atoms with van der Waals surface area (Å²) in [5.74, 6) is 0. The van der Waals surface area contributed by atoms with Crippen LogP contribution in [-0.2, 0) is 19.5 Å². The molecule has 3 aromatic carbocycles. The molecule has 4 atom stereocenters. The van der Waals surface area contributed by atoms with Crippen LogP contribution in [0.25, 0.3) is 0 Å². The third kappa shape index (κ3) is 7.29. The molecule has 0 saturated carbocycles. The Morgan fingerprint density at radius 3 is 2.00 bits per heavy atom. The van der Waals surface area contributed by atoms with Crippen molar-refractivity contribution in [1.82, 2.24) is 24.4 Å². The summed E-state index contributed by atoms with van der Waals surface area (Å²) in [4.78, 5) is 42.7. The van der Waals surface area contributed by atoms with Crippen molar-refractivity contribution in [1.29, 1.82) is 0 Å². The van der Waals surface area contributed by atoms with E-state index >= 15 is 0 Å². The Bertz CT molecular complexity index is 1740. The molecule has 0 radical (unpaired) electrons. The van der Waals surface area contributed by atoms with Crippen LogP contribution in [0.3, 0.4) is 0 Å². The summed E-state index contributed by atoms with van der Waals surface area (Å²) in [6.07, 6.45) is 0.706. The third-order valence-corrected chi connectivity index (χ3v) is 9.95. The molecule has 254 valence electrons. The maximum absolute atomic E-state index is 13.3. The summed E-state index contributed by atoms with van der Waals surface area (Å²) in [7, 11) is 0. The van der Waals surface area contributed by atoms with Crippen molar-refractivity contribution in [3.63, 3.8) is 0 Å². The second-order valence-corrected chi connectivity index (χ2v) is 14.7. The molecule has 2 aliphatic heterocycles. The van der Waals surface area contributed by atoms with Gasteiger partial charge >= 0.3 is 12.6 Å². The van der Waals surface area contributed by atoms with Crippen molar-refractivity contribution < 1.29 is 18.8 Å². The molecule has 2 fully saturated rings. The quantitative estimate of drug-likeness (QED) is 0.180. The van der Waals surface area contributed by atoms with E-state index in [-0.39, 0.29) is 6.04 Å². The van der Waals surface area contributed by atoms with Gasteiger partial charge in [-0.1, -0.05) is 97.9 Å². The normalized spacial score (nSPS) is 22.7. The molecule has 13 heteroatoms. The first-order valence-corrected chi connectivity index (χ1v) is 18.7. The number of hydroxylamine groups is 2. The smallest absolute Gasteiger partial charge is 0.352 e. The number of hydrogen-bond acceptors (Lipinski definition) is 8. The van der Waals surface area contributed by atoms with Crippen LogP contribution in [0.1, 0.15) is 41.8 Å². The predicted molar refractivity (Wildman–Crippen MR) is 185 cm³/mol. The van der Waals surface area contributed by atoms with Crippen LogP contribution in [0.15, 0.2) is 107 Å². The summed E-state index contributed by atoms with van der Waals surface area (Å²) < 4.78 is 25.8. The highest BCUT2D eigenvalue weighted by molar-refractivity contribution is 7.80. The van der Waals surface area contributed by atoms with Crippen LogP contribution < -0.4 is 11.2 Å². The van der Waals surface area contributed by atoms with E-state index in [1.165, 1.54) is 9.63 Å². The Kier molecular flexibility index (Phi) is 10.5. The first-order valence-electron chi connectivity index (χ1n) is 16.2. The lowest BCUT2D eigenvalue weighted by molar-refractivity contribution is -0.174. The summed E-state index contributed by atoms with van der Waals surface area (Å²) in [5.41, 5.74) is 1.68. The molecule has 48 heavy (non-hydrogen) atoms. The Morgan fingerprint density at radius 2 is 1.48 bits per heavy atom.